The molecule has 0 aliphatic rings. The van der Waals surface area contributed by atoms with Crippen molar-refractivity contribution in [1.82, 2.24) is 0 Å². The molecule has 2 rings (SSSR count). The molecule has 1 N–H and O–H groups in total. The first-order chi connectivity index (χ1) is 10.1. The predicted molar refractivity (Wildman–Crippen MR) is 80.9 cm³/mol. The maximum absolute atomic E-state index is 13.4. The van der Waals surface area contributed by atoms with E-state index in [0.717, 1.165) is 5.56 Å². The van der Waals surface area contributed by atoms with Crippen molar-refractivity contribution in [2.24, 2.45) is 0 Å². The standard InChI is InChI=1S/C17H18FNO2/c1-13(14-6-3-2-4-7-14)19(11-10-17(20)21)16-9-5-8-15(18)12-16/h2-9,12-13H,10-11H2,1H3,(H,20,21). The second-order valence-electron chi connectivity index (χ2n) is 4.90. The Morgan fingerprint density at radius 1 is 1.19 bits per heavy atom. The maximum Gasteiger partial charge on any atom is 0.305 e. The van der Waals surface area contributed by atoms with Gasteiger partial charge in [0.05, 0.1) is 12.5 Å². The average Bonchev–Trinajstić information content (AvgIpc) is 2.48. The molecule has 0 bridgehead atoms. The summed E-state index contributed by atoms with van der Waals surface area (Å²) in [4.78, 5) is 12.8. The summed E-state index contributed by atoms with van der Waals surface area (Å²) in [6.07, 6.45) is 0.00763. The fourth-order valence-corrected chi connectivity index (χ4v) is 2.33. The number of hydrogen-bond donors (Lipinski definition) is 1. The molecular weight excluding hydrogens is 269 g/mol. The molecule has 0 aliphatic heterocycles. The number of rotatable bonds is 6. The van der Waals surface area contributed by atoms with Crippen LogP contribution in [0, 0.1) is 5.82 Å². The molecule has 0 saturated heterocycles. The molecule has 0 radical (unpaired) electrons. The Morgan fingerprint density at radius 2 is 1.90 bits per heavy atom. The third-order valence-electron chi connectivity index (χ3n) is 3.46. The van der Waals surface area contributed by atoms with E-state index in [0.29, 0.717) is 12.2 Å². The lowest BCUT2D eigenvalue weighted by Crippen LogP contribution is -2.29. The van der Waals surface area contributed by atoms with Gasteiger partial charge in [0.1, 0.15) is 5.82 Å². The molecule has 0 saturated carbocycles. The van der Waals surface area contributed by atoms with Gasteiger partial charge in [-0.15, -0.1) is 0 Å². The van der Waals surface area contributed by atoms with Crippen LogP contribution >= 0.6 is 0 Å². The fourth-order valence-electron chi connectivity index (χ4n) is 2.33. The first kappa shape index (κ1) is 15.0. The van der Waals surface area contributed by atoms with Crippen LogP contribution in [0.2, 0.25) is 0 Å². The zero-order chi connectivity index (χ0) is 15.2. The summed E-state index contributed by atoms with van der Waals surface area (Å²) in [5, 5.41) is 8.92. The van der Waals surface area contributed by atoms with Gasteiger partial charge in [-0.25, -0.2) is 4.39 Å². The minimum atomic E-state index is -0.864. The predicted octanol–water partition coefficient (Wildman–Crippen LogP) is 3.87. The van der Waals surface area contributed by atoms with Crippen LogP contribution in [0.4, 0.5) is 10.1 Å². The minimum absolute atomic E-state index is 0.00763. The van der Waals surface area contributed by atoms with Gasteiger partial charge >= 0.3 is 5.97 Å². The van der Waals surface area contributed by atoms with E-state index in [1.165, 1.54) is 12.1 Å². The molecule has 0 amide bonds. The molecule has 1 unspecified atom stereocenters. The van der Waals surface area contributed by atoms with Crippen LogP contribution in [0.15, 0.2) is 54.6 Å². The summed E-state index contributed by atoms with van der Waals surface area (Å²) in [7, 11) is 0. The zero-order valence-corrected chi connectivity index (χ0v) is 11.9. The molecule has 0 spiro atoms. The third kappa shape index (κ3) is 4.05. The highest BCUT2D eigenvalue weighted by Crippen LogP contribution is 2.27. The Morgan fingerprint density at radius 3 is 2.52 bits per heavy atom. The number of carboxylic acid groups (broad SMARTS) is 1. The van der Waals surface area contributed by atoms with Crippen LogP contribution in [0.5, 0.6) is 0 Å². The van der Waals surface area contributed by atoms with Gasteiger partial charge in [-0.1, -0.05) is 36.4 Å². The maximum atomic E-state index is 13.4. The monoisotopic (exact) mass is 287 g/mol. The van der Waals surface area contributed by atoms with Gasteiger partial charge in [0.2, 0.25) is 0 Å². The second kappa shape index (κ2) is 6.88. The lowest BCUT2D eigenvalue weighted by molar-refractivity contribution is -0.136. The van der Waals surface area contributed by atoms with Crippen LogP contribution in [0.3, 0.4) is 0 Å². The highest BCUT2D eigenvalue weighted by atomic mass is 19.1. The lowest BCUT2D eigenvalue weighted by Gasteiger charge is -2.31. The van der Waals surface area contributed by atoms with E-state index in [1.54, 1.807) is 12.1 Å². The van der Waals surface area contributed by atoms with E-state index >= 15 is 0 Å². The second-order valence-corrected chi connectivity index (χ2v) is 4.90. The number of carboxylic acids is 1. The number of aliphatic carboxylic acids is 1. The van der Waals surface area contributed by atoms with Gasteiger partial charge < -0.3 is 10.0 Å². The topological polar surface area (TPSA) is 40.5 Å². The Kier molecular flexibility index (Phi) is 4.93. The summed E-state index contributed by atoms with van der Waals surface area (Å²) in [5.41, 5.74) is 1.75. The number of benzene rings is 2. The van der Waals surface area contributed by atoms with Crippen molar-refractivity contribution in [2.75, 3.05) is 11.4 Å². The molecule has 4 heteroatoms. The summed E-state index contributed by atoms with van der Waals surface area (Å²) < 4.78 is 13.4. The molecule has 2 aromatic carbocycles. The van der Waals surface area contributed by atoms with E-state index in [9.17, 15) is 9.18 Å². The van der Waals surface area contributed by atoms with Crippen molar-refractivity contribution >= 4 is 11.7 Å². The SMILES string of the molecule is CC(c1ccccc1)N(CCC(=O)O)c1cccc(F)c1. The van der Waals surface area contributed by atoms with E-state index in [2.05, 4.69) is 0 Å². The van der Waals surface area contributed by atoms with Crippen LogP contribution in [0.1, 0.15) is 24.9 Å². The number of anilines is 1. The quantitative estimate of drug-likeness (QED) is 0.876. The van der Waals surface area contributed by atoms with Gasteiger partial charge in [0.15, 0.2) is 0 Å². The first-order valence-electron chi connectivity index (χ1n) is 6.87. The number of nitrogens with zero attached hydrogens (tertiary/aromatic N) is 1. The number of halogens is 1. The number of carbonyl (C=O) groups is 1. The van der Waals surface area contributed by atoms with Crippen molar-refractivity contribution < 1.29 is 14.3 Å². The van der Waals surface area contributed by atoms with E-state index in [4.69, 9.17) is 5.11 Å². The van der Waals surface area contributed by atoms with E-state index < -0.39 is 5.97 Å². The van der Waals surface area contributed by atoms with Crippen molar-refractivity contribution in [1.29, 1.82) is 0 Å². The lowest BCUT2D eigenvalue weighted by atomic mass is 10.1. The summed E-state index contributed by atoms with van der Waals surface area (Å²) >= 11 is 0. The molecule has 0 aliphatic carbocycles. The van der Waals surface area contributed by atoms with Gasteiger partial charge in [0, 0.05) is 12.2 Å². The van der Waals surface area contributed by atoms with E-state index in [1.807, 2.05) is 42.2 Å². The Balaban J connectivity index is 2.29. The van der Waals surface area contributed by atoms with Crippen molar-refractivity contribution in [3.63, 3.8) is 0 Å². The molecule has 0 heterocycles. The Bertz CT molecular complexity index is 601. The van der Waals surface area contributed by atoms with Crippen LogP contribution < -0.4 is 4.90 Å². The van der Waals surface area contributed by atoms with E-state index in [-0.39, 0.29) is 18.3 Å². The summed E-state index contributed by atoms with van der Waals surface area (Å²) in [6, 6.07) is 16.0. The smallest absolute Gasteiger partial charge is 0.305 e. The first-order valence-corrected chi connectivity index (χ1v) is 6.87. The molecular formula is C17H18FNO2. The molecule has 110 valence electrons. The van der Waals surface area contributed by atoms with Crippen molar-refractivity contribution in [3.05, 3.63) is 66.0 Å². The van der Waals surface area contributed by atoms with Crippen LogP contribution in [-0.2, 0) is 4.79 Å². The Hall–Kier alpha value is -2.36. The molecule has 3 nitrogen and oxygen atoms in total. The summed E-state index contributed by atoms with van der Waals surface area (Å²) in [5.74, 6) is -1.19. The van der Waals surface area contributed by atoms with Gasteiger partial charge in [-0.2, -0.15) is 0 Å². The van der Waals surface area contributed by atoms with Crippen molar-refractivity contribution in [3.8, 4) is 0 Å². The van der Waals surface area contributed by atoms with Gasteiger partial charge in [0.25, 0.3) is 0 Å². The summed E-state index contributed by atoms with van der Waals surface area (Å²) in [6.45, 7) is 2.32. The van der Waals surface area contributed by atoms with Gasteiger partial charge in [-0.3, -0.25) is 4.79 Å². The molecule has 2 aromatic rings. The van der Waals surface area contributed by atoms with Crippen LogP contribution in [0.25, 0.3) is 0 Å². The van der Waals surface area contributed by atoms with Crippen molar-refractivity contribution in [2.45, 2.75) is 19.4 Å². The largest absolute Gasteiger partial charge is 0.481 e. The molecule has 0 fully saturated rings. The minimum Gasteiger partial charge on any atom is -0.481 e. The Labute approximate surface area is 123 Å². The highest BCUT2D eigenvalue weighted by molar-refractivity contribution is 5.67. The van der Waals surface area contributed by atoms with Gasteiger partial charge in [-0.05, 0) is 30.7 Å². The van der Waals surface area contributed by atoms with Crippen LogP contribution in [-0.4, -0.2) is 17.6 Å². The number of hydrogen-bond acceptors (Lipinski definition) is 2. The fraction of sp³-hybridized carbons (Fsp3) is 0.235. The molecule has 0 aromatic heterocycles. The third-order valence-corrected chi connectivity index (χ3v) is 3.46. The highest BCUT2D eigenvalue weighted by Gasteiger charge is 2.17. The molecule has 1 atom stereocenters. The molecule has 21 heavy (non-hydrogen) atoms. The zero-order valence-electron chi connectivity index (χ0n) is 11.9. The average molecular weight is 287 g/mol. The normalized spacial score (nSPS) is 11.9.